The lowest BCUT2D eigenvalue weighted by Gasteiger charge is -2.06. The number of hydrogen-bond donors (Lipinski definition) is 1. The molecular formula is C12H11N3O2S. The standard InChI is InChI=1S/C12H11N3O2S/c1-17-12(16)8-2-3-9(13)10(6-8)18-11-4-5-14-7-15-11/h2-7H,13H2,1H3. The molecule has 0 unspecified atom stereocenters. The molecule has 0 amide bonds. The predicted molar refractivity (Wildman–Crippen MR) is 68.3 cm³/mol. The first-order chi connectivity index (χ1) is 8.70. The second-order valence-electron chi connectivity index (χ2n) is 3.39. The van der Waals surface area contributed by atoms with Gasteiger partial charge in [0, 0.05) is 16.8 Å². The van der Waals surface area contributed by atoms with Crippen LogP contribution in [0.1, 0.15) is 10.4 Å². The molecular weight excluding hydrogens is 250 g/mol. The predicted octanol–water partition coefficient (Wildman–Crippen LogP) is 2.00. The Balaban J connectivity index is 2.30. The van der Waals surface area contributed by atoms with Crippen molar-refractivity contribution < 1.29 is 9.53 Å². The molecule has 2 aromatic rings. The van der Waals surface area contributed by atoms with Gasteiger partial charge in [-0.15, -0.1) is 0 Å². The van der Waals surface area contributed by atoms with E-state index < -0.39 is 0 Å². The number of carbonyl (C=O) groups is 1. The number of aromatic nitrogens is 2. The van der Waals surface area contributed by atoms with Crippen LogP contribution in [-0.2, 0) is 4.74 Å². The summed E-state index contributed by atoms with van der Waals surface area (Å²) in [5.74, 6) is -0.389. The molecule has 0 fully saturated rings. The van der Waals surface area contributed by atoms with Crippen LogP contribution in [0.2, 0.25) is 0 Å². The monoisotopic (exact) mass is 261 g/mol. The second kappa shape index (κ2) is 5.50. The summed E-state index contributed by atoms with van der Waals surface area (Å²) in [6, 6.07) is 6.77. The molecule has 1 heterocycles. The number of benzene rings is 1. The van der Waals surface area contributed by atoms with E-state index in [0.717, 1.165) is 9.92 Å². The zero-order valence-electron chi connectivity index (χ0n) is 9.66. The van der Waals surface area contributed by atoms with Gasteiger partial charge in [0.2, 0.25) is 0 Å². The van der Waals surface area contributed by atoms with Gasteiger partial charge in [0.15, 0.2) is 0 Å². The number of rotatable bonds is 3. The van der Waals surface area contributed by atoms with Crippen LogP contribution in [-0.4, -0.2) is 23.0 Å². The third-order valence-electron chi connectivity index (χ3n) is 2.20. The van der Waals surface area contributed by atoms with Crippen LogP contribution in [0.15, 0.2) is 46.7 Å². The maximum atomic E-state index is 11.4. The lowest BCUT2D eigenvalue weighted by molar-refractivity contribution is 0.0600. The summed E-state index contributed by atoms with van der Waals surface area (Å²) in [6.07, 6.45) is 3.11. The fraction of sp³-hybridized carbons (Fsp3) is 0.0833. The molecule has 0 saturated heterocycles. The number of anilines is 1. The third kappa shape index (κ3) is 2.78. The molecule has 6 heteroatoms. The molecule has 5 nitrogen and oxygen atoms in total. The van der Waals surface area contributed by atoms with Crippen molar-refractivity contribution in [3.05, 3.63) is 42.4 Å². The average Bonchev–Trinajstić information content (AvgIpc) is 2.41. The topological polar surface area (TPSA) is 78.1 Å². The first-order valence-electron chi connectivity index (χ1n) is 5.12. The number of methoxy groups -OCH3 is 1. The van der Waals surface area contributed by atoms with Crippen molar-refractivity contribution in [1.29, 1.82) is 0 Å². The molecule has 0 atom stereocenters. The first kappa shape index (κ1) is 12.4. The minimum Gasteiger partial charge on any atom is -0.465 e. The fourth-order valence-electron chi connectivity index (χ4n) is 1.32. The molecule has 0 bridgehead atoms. The van der Waals surface area contributed by atoms with Crippen molar-refractivity contribution in [1.82, 2.24) is 9.97 Å². The van der Waals surface area contributed by atoms with Crippen LogP contribution in [0.25, 0.3) is 0 Å². The van der Waals surface area contributed by atoms with Crippen molar-refractivity contribution in [3.8, 4) is 0 Å². The van der Waals surface area contributed by atoms with Crippen molar-refractivity contribution in [2.45, 2.75) is 9.92 Å². The van der Waals surface area contributed by atoms with E-state index in [4.69, 9.17) is 5.73 Å². The number of ether oxygens (including phenoxy) is 1. The second-order valence-corrected chi connectivity index (χ2v) is 4.46. The van der Waals surface area contributed by atoms with E-state index in [0.29, 0.717) is 11.3 Å². The third-order valence-corrected chi connectivity index (χ3v) is 3.23. The highest BCUT2D eigenvalue weighted by molar-refractivity contribution is 7.99. The Morgan fingerprint density at radius 3 is 2.89 bits per heavy atom. The van der Waals surface area contributed by atoms with E-state index in [9.17, 15) is 4.79 Å². The number of nitrogens with two attached hydrogens (primary N) is 1. The van der Waals surface area contributed by atoms with Gasteiger partial charge in [-0.25, -0.2) is 14.8 Å². The molecule has 2 rings (SSSR count). The van der Waals surface area contributed by atoms with E-state index in [1.54, 1.807) is 30.5 Å². The lowest BCUT2D eigenvalue weighted by Crippen LogP contribution is -2.02. The number of nitrogens with zero attached hydrogens (tertiary/aromatic N) is 2. The maximum Gasteiger partial charge on any atom is 0.337 e. The highest BCUT2D eigenvalue weighted by Crippen LogP contribution is 2.31. The molecule has 0 aliphatic heterocycles. The average molecular weight is 261 g/mol. The van der Waals surface area contributed by atoms with E-state index in [1.807, 2.05) is 0 Å². The van der Waals surface area contributed by atoms with Crippen molar-refractivity contribution >= 4 is 23.4 Å². The number of carbonyl (C=O) groups excluding carboxylic acids is 1. The lowest BCUT2D eigenvalue weighted by atomic mass is 10.2. The summed E-state index contributed by atoms with van der Waals surface area (Å²) in [5, 5.41) is 0.763. The Kier molecular flexibility index (Phi) is 3.78. The maximum absolute atomic E-state index is 11.4. The minimum absolute atomic E-state index is 0.389. The highest BCUT2D eigenvalue weighted by Gasteiger charge is 2.09. The summed E-state index contributed by atoms with van der Waals surface area (Å²) in [5.41, 5.74) is 6.91. The zero-order chi connectivity index (χ0) is 13.0. The summed E-state index contributed by atoms with van der Waals surface area (Å²) in [7, 11) is 1.34. The Labute approximate surface area is 108 Å². The van der Waals surface area contributed by atoms with E-state index >= 15 is 0 Å². The largest absolute Gasteiger partial charge is 0.465 e. The normalized spacial score (nSPS) is 10.1. The molecule has 0 spiro atoms. The van der Waals surface area contributed by atoms with Crippen LogP contribution < -0.4 is 5.73 Å². The van der Waals surface area contributed by atoms with Gasteiger partial charge < -0.3 is 10.5 Å². The van der Waals surface area contributed by atoms with E-state index in [1.165, 1.54) is 25.2 Å². The van der Waals surface area contributed by atoms with Gasteiger partial charge in [0.25, 0.3) is 0 Å². The summed E-state index contributed by atoms with van der Waals surface area (Å²) in [4.78, 5) is 20.1. The summed E-state index contributed by atoms with van der Waals surface area (Å²) < 4.78 is 4.67. The van der Waals surface area contributed by atoms with Gasteiger partial charge in [-0.1, -0.05) is 11.8 Å². The molecule has 1 aromatic carbocycles. The Morgan fingerprint density at radius 2 is 2.22 bits per heavy atom. The van der Waals surface area contributed by atoms with Gasteiger partial charge >= 0.3 is 5.97 Å². The van der Waals surface area contributed by atoms with Crippen LogP contribution in [0.4, 0.5) is 5.69 Å². The summed E-state index contributed by atoms with van der Waals surface area (Å²) in [6.45, 7) is 0. The SMILES string of the molecule is COC(=O)c1ccc(N)c(Sc2ccncn2)c1. The molecule has 0 saturated carbocycles. The molecule has 18 heavy (non-hydrogen) atoms. The van der Waals surface area contributed by atoms with Gasteiger partial charge in [-0.3, -0.25) is 0 Å². The molecule has 0 aliphatic rings. The van der Waals surface area contributed by atoms with Crippen LogP contribution in [0.3, 0.4) is 0 Å². The van der Waals surface area contributed by atoms with E-state index in [-0.39, 0.29) is 5.97 Å². The minimum atomic E-state index is -0.389. The van der Waals surface area contributed by atoms with Crippen LogP contribution in [0, 0.1) is 0 Å². The smallest absolute Gasteiger partial charge is 0.337 e. The Hall–Kier alpha value is -2.08. The molecule has 92 valence electrons. The Bertz CT molecular complexity index is 561. The fourth-order valence-corrected chi connectivity index (χ4v) is 2.15. The molecule has 0 aliphatic carbocycles. The van der Waals surface area contributed by atoms with Gasteiger partial charge in [0.05, 0.1) is 12.7 Å². The molecule has 1 aromatic heterocycles. The quantitative estimate of drug-likeness (QED) is 0.517. The van der Waals surface area contributed by atoms with Crippen molar-refractivity contribution in [2.75, 3.05) is 12.8 Å². The van der Waals surface area contributed by atoms with Crippen molar-refractivity contribution in [3.63, 3.8) is 0 Å². The molecule has 0 radical (unpaired) electrons. The number of nitrogen functional groups attached to an aromatic ring is 1. The number of esters is 1. The summed E-state index contributed by atoms with van der Waals surface area (Å²) >= 11 is 1.37. The number of hydrogen-bond acceptors (Lipinski definition) is 6. The van der Waals surface area contributed by atoms with E-state index in [2.05, 4.69) is 14.7 Å². The van der Waals surface area contributed by atoms with Gasteiger partial charge in [-0.2, -0.15) is 0 Å². The van der Waals surface area contributed by atoms with Crippen LogP contribution in [0.5, 0.6) is 0 Å². The van der Waals surface area contributed by atoms with Crippen LogP contribution >= 0.6 is 11.8 Å². The van der Waals surface area contributed by atoms with Gasteiger partial charge in [-0.05, 0) is 24.3 Å². The highest BCUT2D eigenvalue weighted by atomic mass is 32.2. The molecule has 2 N–H and O–H groups in total. The first-order valence-corrected chi connectivity index (χ1v) is 5.94. The van der Waals surface area contributed by atoms with Gasteiger partial charge in [0.1, 0.15) is 11.4 Å². The Morgan fingerprint density at radius 1 is 1.39 bits per heavy atom. The zero-order valence-corrected chi connectivity index (χ0v) is 10.5. The van der Waals surface area contributed by atoms with Crippen molar-refractivity contribution in [2.24, 2.45) is 0 Å².